The number of rotatable bonds is 7. The SMILES string of the molecule is CCCCSC[C@H](NC(=O)OC(C)(C)C)C(=O)O. The van der Waals surface area contributed by atoms with Crippen LogP contribution in [0.3, 0.4) is 0 Å². The molecule has 5 nitrogen and oxygen atoms in total. The molecule has 0 unspecified atom stereocenters. The van der Waals surface area contributed by atoms with Gasteiger partial charge >= 0.3 is 12.1 Å². The van der Waals surface area contributed by atoms with Gasteiger partial charge in [0.25, 0.3) is 0 Å². The number of unbranched alkanes of at least 4 members (excludes halogenated alkanes) is 1. The Hall–Kier alpha value is -0.910. The molecule has 6 heteroatoms. The number of aliphatic carboxylic acids is 1. The number of carbonyl (C=O) groups is 2. The predicted molar refractivity (Wildman–Crippen MR) is 73.0 cm³/mol. The van der Waals surface area contributed by atoms with Crippen molar-refractivity contribution in [3.8, 4) is 0 Å². The summed E-state index contributed by atoms with van der Waals surface area (Å²) in [5, 5.41) is 11.4. The molecule has 0 heterocycles. The van der Waals surface area contributed by atoms with Gasteiger partial charge in [-0.3, -0.25) is 0 Å². The van der Waals surface area contributed by atoms with Gasteiger partial charge in [-0.1, -0.05) is 13.3 Å². The Kier molecular flexibility index (Phi) is 7.82. The molecule has 1 amide bonds. The Morgan fingerprint density at radius 3 is 2.44 bits per heavy atom. The number of ether oxygens (including phenoxy) is 1. The quantitative estimate of drug-likeness (QED) is 0.699. The van der Waals surface area contributed by atoms with Crippen LogP contribution in [-0.4, -0.2) is 40.3 Å². The van der Waals surface area contributed by atoms with Gasteiger partial charge in [-0.05, 0) is 32.9 Å². The van der Waals surface area contributed by atoms with Gasteiger partial charge in [-0.15, -0.1) is 0 Å². The van der Waals surface area contributed by atoms with Gasteiger partial charge in [0, 0.05) is 5.75 Å². The van der Waals surface area contributed by atoms with E-state index >= 15 is 0 Å². The summed E-state index contributed by atoms with van der Waals surface area (Å²) in [5.74, 6) is 0.218. The van der Waals surface area contributed by atoms with Crippen molar-refractivity contribution in [1.29, 1.82) is 0 Å². The van der Waals surface area contributed by atoms with E-state index in [9.17, 15) is 9.59 Å². The van der Waals surface area contributed by atoms with Gasteiger partial charge < -0.3 is 15.2 Å². The molecule has 0 aliphatic rings. The number of nitrogens with one attached hydrogen (secondary N) is 1. The molecule has 0 bridgehead atoms. The third kappa shape index (κ3) is 9.15. The van der Waals surface area contributed by atoms with Crippen LogP contribution >= 0.6 is 11.8 Å². The lowest BCUT2D eigenvalue weighted by atomic mass is 10.2. The molecule has 2 N–H and O–H groups in total. The van der Waals surface area contributed by atoms with Gasteiger partial charge in [0.2, 0.25) is 0 Å². The summed E-state index contributed by atoms with van der Waals surface area (Å²) in [6, 6.07) is -0.901. The van der Waals surface area contributed by atoms with Crippen LogP contribution in [0.2, 0.25) is 0 Å². The van der Waals surface area contributed by atoms with Crippen molar-refractivity contribution in [2.75, 3.05) is 11.5 Å². The fourth-order valence-corrected chi connectivity index (χ4v) is 2.19. The van der Waals surface area contributed by atoms with Crippen molar-refractivity contribution in [1.82, 2.24) is 5.32 Å². The molecule has 0 rings (SSSR count). The summed E-state index contributed by atoms with van der Waals surface area (Å²) in [6.07, 6.45) is 1.43. The second-order valence-corrected chi connectivity index (χ2v) is 6.12. The van der Waals surface area contributed by atoms with Crippen LogP contribution in [0.1, 0.15) is 40.5 Å². The molecule has 0 aromatic heterocycles. The molecule has 0 aromatic rings. The molecular formula is C12H23NO4S. The van der Waals surface area contributed by atoms with Crippen molar-refractivity contribution in [2.24, 2.45) is 0 Å². The minimum Gasteiger partial charge on any atom is -0.480 e. The Morgan fingerprint density at radius 1 is 1.39 bits per heavy atom. The van der Waals surface area contributed by atoms with Crippen molar-refractivity contribution < 1.29 is 19.4 Å². The van der Waals surface area contributed by atoms with Crippen LogP contribution in [-0.2, 0) is 9.53 Å². The highest BCUT2D eigenvalue weighted by Crippen LogP contribution is 2.09. The first kappa shape index (κ1) is 17.1. The zero-order chi connectivity index (χ0) is 14.2. The normalized spacial score (nSPS) is 12.9. The topological polar surface area (TPSA) is 75.6 Å². The lowest BCUT2D eigenvalue weighted by Gasteiger charge is -2.21. The molecule has 0 aromatic carbocycles. The monoisotopic (exact) mass is 277 g/mol. The van der Waals surface area contributed by atoms with E-state index < -0.39 is 23.7 Å². The number of carboxylic acid groups (broad SMARTS) is 1. The van der Waals surface area contributed by atoms with Crippen LogP contribution < -0.4 is 5.32 Å². The number of alkyl carbamates (subject to hydrolysis) is 1. The lowest BCUT2D eigenvalue weighted by molar-refractivity contribution is -0.138. The number of amides is 1. The zero-order valence-corrected chi connectivity index (χ0v) is 12.3. The zero-order valence-electron chi connectivity index (χ0n) is 11.5. The number of carboxylic acids is 1. The Morgan fingerprint density at radius 2 is 2.00 bits per heavy atom. The third-order valence-corrected chi connectivity index (χ3v) is 3.06. The maximum atomic E-state index is 11.5. The van der Waals surface area contributed by atoms with Crippen LogP contribution in [0.4, 0.5) is 4.79 Å². The van der Waals surface area contributed by atoms with Gasteiger partial charge in [0.05, 0.1) is 0 Å². The van der Waals surface area contributed by atoms with E-state index in [0.29, 0.717) is 5.75 Å². The van der Waals surface area contributed by atoms with E-state index in [4.69, 9.17) is 9.84 Å². The average Bonchev–Trinajstić information content (AvgIpc) is 2.19. The van der Waals surface area contributed by atoms with Crippen molar-refractivity contribution in [2.45, 2.75) is 52.2 Å². The molecule has 0 aliphatic carbocycles. The van der Waals surface area contributed by atoms with Crippen LogP contribution in [0.15, 0.2) is 0 Å². The molecule has 18 heavy (non-hydrogen) atoms. The standard InChI is InChI=1S/C12H23NO4S/c1-5-6-7-18-8-9(10(14)15)13-11(16)17-12(2,3)4/h9H,5-8H2,1-4H3,(H,13,16)(H,14,15)/t9-/m0/s1. The van der Waals surface area contributed by atoms with Gasteiger partial charge in [-0.25, -0.2) is 9.59 Å². The first-order valence-electron chi connectivity index (χ1n) is 6.06. The fraction of sp³-hybridized carbons (Fsp3) is 0.833. The molecule has 0 radical (unpaired) electrons. The second-order valence-electron chi connectivity index (χ2n) is 4.97. The number of hydrogen-bond acceptors (Lipinski definition) is 4. The van der Waals surface area contributed by atoms with Gasteiger partial charge in [0.15, 0.2) is 0 Å². The first-order valence-corrected chi connectivity index (χ1v) is 7.21. The van der Waals surface area contributed by atoms with E-state index in [1.54, 1.807) is 20.8 Å². The minimum atomic E-state index is -1.04. The van der Waals surface area contributed by atoms with Gasteiger partial charge in [-0.2, -0.15) is 11.8 Å². The summed E-state index contributed by atoms with van der Waals surface area (Å²) in [7, 11) is 0. The highest BCUT2D eigenvalue weighted by Gasteiger charge is 2.23. The van der Waals surface area contributed by atoms with Crippen molar-refractivity contribution in [3.05, 3.63) is 0 Å². The largest absolute Gasteiger partial charge is 0.480 e. The fourth-order valence-electron chi connectivity index (χ4n) is 1.07. The Bertz CT molecular complexity index is 276. The number of thioether (sulfide) groups is 1. The van der Waals surface area contributed by atoms with Crippen LogP contribution in [0.5, 0.6) is 0 Å². The molecule has 0 spiro atoms. The molecule has 1 atom stereocenters. The lowest BCUT2D eigenvalue weighted by Crippen LogP contribution is -2.45. The minimum absolute atomic E-state index is 0.356. The van der Waals surface area contributed by atoms with Crippen LogP contribution in [0, 0.1) is 0 Å². The summed E-state index contributed by atoms with van der Waals surface area (Å²) < 4.78 is 5.02. The Balaban J connectivity index is 4.11. The summed E-state index contributed by atoms with van der Waals surface area (Å²) in [5.41, 5.74) is -0.623. The number of hydrogen-bond donors (Lipinski definition) is 2. The van der Waals surface area contributed by atoms with E-state index in [1.807, 2.05) is 0 Å². The summed E-state index contributed by atoms with van der Waals surface area (Å²) in [6.45, 7) is 7.28. The van der Waals surface area contributed by atoms with E-state index in [-0.39, 0.29) is 0 Å². The highest BCUT2D eigenvalue weighted by atomic mass is 32.2. The van der Waals surface area contributed by atoms with E-state index in [0.717, 1.165) is 18.6 Å². The van der Waals surface area contributed by atoms with Crippen molar-refractivity contribution >= 4 is 23.8 Å². The van der Waals surface area contributed by atoms with Crippen LogP contribution in [0.25, 0.3) is 0 Å². The van der Waals surface area contributed by atoms with Gasteiger partial charge in [0.1, 0.15) is 11.6 Å². The second kappa shape index (κ2) is 8.24. The molecule has 0 saturated carbocycles. The summed E-state index contributed by atoms with van der Waals surface area (Å²) >= 11 is 1.52. The first-order chi connectivity index (χ1) is 8.26. The molecule has 0 saturated heterocycles. The van der Waals surface area contributed by atoms with Crippen molar-refractivity contribution in [3.63, 3.8) is 0 Å². The predicted octanol–water partition coefficient (Wildman–Crippen LogP) is 2.50. The maximum absolute atomic E-state index is 11.5. The maximum Gasteiger partial charge on any atom is 0.408 e. The number of carbonyl (C=O) groups excluding carboxylic acids is 1. The Labute approximate surface area is 113 Å². The average molecular weight is 277 g/mol. The molecule has 0 aliphatic heterocycles. The summed E-state index contributed by atoms with van der Waals surface area (Å²) in [4.78, 5) is 22.4. The van der Waals surface area contributed by atoms with E-state index in [1.165, 1.54) is 11.8 Å². The highest BCUT2D eigenvalue weighted by molar-refractivity contribution is 7.99. The molecule has 0 fully saturated rings. The van der Waals surface area contributed by atoms with E-state index in [2.05, 4.69) is 12.2 Å². The molecular weight excluding hydrogens is 254 g/mol. The third-order valence-electron chi connectivity index (χ3n) is 1.92. The molecule has 106 valence electrons. The smallest absolute Gasteiger partial charge is 0.408 e.